The van der Waals surface area contributed by atoms with Crippen LogP contribution in [0.25, 0.3) is 0 Å². The predicted octanol–water partition coefficient (Wildman–Crippen LogP) is 5.25. The zero-order valence-corrected chi connectivity index (χ0v) is 12.1. The third-order valence-corrected chi connectivity index (χ3v) is 2.79. The molecule has 0 aliphatic rings. The van der Waals surface area contributed by atoms with Gasteiger partial charge in [0.2, 0.25) is 0 Å². The van der Waals surface area contributed by atoms with Crippen LogP contribution in [0.5, 0.6) is 0 Å². The van der Waals surface area contributed by atoms with Crippen molar-refractivity contribution in [2.24, 2.45) is 4.99 Å². The Bertz CT molecular complexity index is 580. The number of nitrogens with zero attached hydrogens (tertiary/aromatic N) is 1. The molecule has 0 fully saturated rings. The first kappa shape index (κ1) is 16.0. The van der Waals surface area contributed by atoms with E-state index in [0.717, 1.165) is 5.57 Å². The highest BCUT2D eigenvalue weighted by Gasteiger charge is 2.32. The monoisotopic (exact) mass is 275 g/mol. The van der Waals surface area contributed by atoms with Gasteiger partial charge in [0.15, 0.2) is 0 Å². The summed E-state index contributed by atoms with van der Waals surface area (Å²) >= 11 is 0. The maximum Gasteiger partial charge on any atom is 0.294 e. The number of rotatable bonds is 5. The van der Waals surface area contributed by atoms with E-state index in [1.54, 1.807) is 31.3 Å². The maximum absolute atomic E-state index is 14.0. The number of allylic oxidation sites excluding steroid dienone is 3. The molecule has 0 spiro atoms. The molecule has 1 aromatic rings. The average Bonchev–Trinajstić information content (AvgIpc) is 2.39. The summed E-state index contributed by atoms with van der Waals surface area (Å²) in [5.41, 5.74) is 1.67. The van der Waals surface area contributed by atoms with E-state index in [1.807, 2.05) is 6.92 Å². The average molecular weight is 275 g/mol. The molecule has 0 saturated heterocycles. The van der Waals surface area contributed by atoms with Crippen molar-refractivity contribution in [2.75, 3.05) is 0 Å². The molecule has 0 unspecified atom stereocenters. The molecule has 0 aliphatic carbocycles. The van der Waals surface area contributed by atoms with Crippen molar-refractivity contribution >= 4 is 5.71 Å². The molecule has 0 atom stereocenters. The lowest BCUT2D eigenvalue weighted by Crippen LogP contribution is -2.15. The van der Waals surface area contributed by atoms with Crippen LogP contribution in [-0.4, -0.2) is 5.71 Å². The number of hydrogen-bond acceptors (Lipinski definition) is 1. The minimum absolute atomic E-state index is 0.0862. The number of aliphatic imine (C=N–C) groups is 1. The van der Waals surface area contributed by atoms with Crippen LogP contribution in [0.2, 0.25) is 0 Å². The van der Waals surface area contributed by atoms with Gasteiger partial charge in [-0.2, -0.15) is 8.78 Å². The molecule has 1 aromatic carbocycles. The molecule has 1 rings (SSSR count). The van der Waals surface area contributed by atoms with Crippen molar-refractivity contribution in [1.82, 2.24) is 0 Å². The Kier molecular flexibility index (Phi) is 5.14. The van der Waals surface area contributed by atoms with Crippen LogP contribution < -0.4 is 0 Å². The van der Waals surface area contributed by atoms with Gasteiger partial charge in [-0.1, -0.05) is 37.4 Å². The summed E-state index contributed by atoms with van der Waals surface area (Å²) in [6.45, 7) is 12.2. The molecule has 0 heterocycles. The Morgan fingerprint density at radius 3 is 2.40 bits per heavy atom. The van der Waals surface area contributed by atoms with Gasteiger partial charge in [0, 0.05) is 17.3 Å². The van der Waals surface area contributed by atoms with Gasteiger partial charge in [0.25, 0.3) is 5.92 Å². The lowest BCUT2D eigenvalue weighted by atomic mass is 9.97. The van der Waals surface area contributed by atoms with Gasteiger partial charge in [-0.25, -0.2) is 0 Å². The standard InChI is InChI=1S/C17H19F2N/c1-6-10-20-16(12(2)3)14-8-7-9-15(11-14)17(18,19)13(4)5/h6-11H,2,4H2,1,3,5H3/b10-6-,20-16+. The molecule has 1 nitrogen and oxygen atoms in total. The highest BCUT2D eigenvalue weighted by atomic mass is 19.3. The lowest BCUT2D eigenvalue weighted by molar-refractivity contribution is 0.0385. The second-order valence-corrected chi connectivity index (χ2v) is 4.68. The molecular weight excluding hydrogens is 256 g/mol. The van der Waals surface area contributed by atoms with Crippen LogP contribution in [0.4, 0.5) is 8.78 Å². The SMILES string of the molecule is C=C(C)/C(=N\C=C/C)c1cccc(C(F)(F)C(=C)C)c1. The van der Waals surface area contributed by atoms with Crippen LogP contribution in [-0.2, 0) is 5.92 Å². The first-order valence-corrected chi connectivity index (χ1v) is 6.30. The van der Waals surface area contributed by atoms with E-state index in [4.69, 9.17) is 0 Å². The second-order valence-electron chi connectivity index (χ2n) is 4.68. The highest BCUT2D eigenvalue weighted by Crippen LogP contribution is 2.35. The third-order valence-electron chi connectivity index (χ3n) is 2.79. The zero-order chi connectivity index (χ0) is 15.3. The maximum atomic E-state index is 14.0. The molecule has 0 radical (unpaired) electrons. The van der Waals surface area contributed by atoms with Crippen molar-refractivity contribution in [3.8, 4) is 0 Å². The summed E-state index contributed by atoms with van der Waals surface area (Å²) < 4.78 is 28.0. The summed E-state index contributed by atoms with van der Waals surface area (Å²) in [6.07, 6.45) is 3.39. The van der Waals surface area contributed by atoms with Gasteiger partial charge in [-0.15, -0.1) is 0 Å². The topological polar surface area (TPSA) is 12.4 Å². The Labute approximate surface area is 119 Å². The fourth-order valence-corrected chi connectivity index (χ4v) is 1.69. The minimum Gasteiger partial charge on any atom is -0.256 e. The summed E-state index contributed by atoms with van der Waals surface area (Å²) in [4.78, 5) is 4.25. The molecule has 0 aliphatic heterocycles. The second kappa shape index (κ2) is 6.42. The number of alkyl halides is 2. The summed E-state index contributed by atoms with van der Waals surface area (Å²) in [7, 11) is 0. The number of hydrogen-bond donors (Lipinski definition) is 0. The van der Waals surface area contributed by atoms with Crippen molar-refractivity contribution < 1.29 is 8.78 Å². The minimum atomic E-state index is -3.04. The molecule has 0 bridgehead atoms. The normalized spacial score (nSPS) is 12.8. The Balaban J connectivity index is 3.35. The molecule has 0 N–H and O–H groups in total. The predicted molar refractivity (Wildman–Crippen MR) is 81.3 cm³/mol. The largest absolute Gasteiger partial charge is 0.294 e. The van der Waals surface area contributed by atoms with Gasteiger partial charge in [-0.3, -0.25) is 4.99 Å². The molecule has 0 aromatic heterocycles. The Morgan fingerprint density at radius 2 is 1.90 bits per heavy atom. The van der Waals surface area contributed by atoms with E-state index in [2.05, 4.69) is 18.2 Å². The highest BCUT2D eigenvalue weighted by molar-refractivity contribution is 6.12. The Hall–Kier alpha value is -2.03. The van der Waals surface area contributed by atoms with Gasteiger partial charge in [0.05, 0.1) is 5.71 Å². The van der Waals surface area contributed by atoms with E-state index < -0.39 is 5.92 Å². The van der Waals surface area contributed by atoms with Crippen LogP contribution in [0.1, 0.15) is 31.9 Å². The van der Waals surface area contributed by atoms with Crippen LogP contribution in [0.3, 0.4) is 0 Å². The van der Waals surface area contributed by atoms with Crippen LogP contribution in [0, 0.1) is 0 Å². The molecular formula is C17H19F2N. The number of benzene rings is 1. The summed E-state index contributed by atoms with van der Waals surface area (Å²) in [6, 6.07) is 6.17. The molecule has 20 heavy (non-hydrogen) atoms. The van der Waals surface area contributed by atoms with Crippen molar-refractivity contribution in [1.29, 1.82) is 0 Å². The first-order valence-electron chi connectivity index (χ1n) is 6.30. The van der Waals surface area contributed by atoms with Gasteiger partial charge >= 0.3 is 0 Å². The summed E-state index contributed by atoms with van der Waals surface area (Å²) in [5.74, 6) is -3.04. The van der Waals surface area contributed by atoms with Crippen molar-refractivity contribution in [2.45, 2.75) is 26.7 Å². The van der Waals surface area contributed by atoms with Crippen molar-refractivity contribution in [3.05, 3.63) is 72.0 Å². The van der Waals surface area contributed by atoms with Crippen molar-refractivity contribution in [3.63, 3.8) is 0 Å². The molecule has 0 amide bonds. The van der Waals surface area contributed by atoms with Gasteiger partial charge in [-0.05, 0) is 38.0 Å². The van der Waals surface area contributed by atoms with Crippen LogP contribution >= 0.6 is 0 Å². The molecule has 0 saturated carbocycles. The van der Waals surface area contributed by atoms with Crippen LogP contribution in [0.15, 0.2) is 65.8 Å². The fourth-order valence-electron chi connectivity index (χ4n) is 1.69. The van der Waals surface area contributed by atoms with E-state index in [1.165, 1.54) is 19.1 Å². The van der Waals surface area contributed by atoms with E-state index in [9.17, 15) is 8.78 Å². The lowest BCUT2D eigenvalue weighted by Gasteiger charge is -2.18. The van der Waals surface area contributed by atoms with E-state index >= 15 is 0 Å². The van der Waals surface area contributed by atoms with Gasteiger partial charge < -0.3 is 0 Å². The molecule has 106 valence electrons. The van der Waals surface area contributed by atoms with E-state index in [-0.39, 0.29) is 11.1 Å². The first-order chi connectivity index (χ1) is 9.30. The fraction of sp³-hybridized carbons (Fsp3) is 0.235. The zero-order valence-electron chi connectivity index (χ0n) is 12.1. The Morgan fingerprint density at radius 1 is 1.25 bits per heavy atom. The molecule has 3 heteroatoms. The van der Waals surface area contributed by atoms with Gasteiger partial charge in [0.1, 0.15) is 0 Å². The third kappa shape index (κ3) is 3.50. The van der Waals surface area contributed by atoms with E-state index in [0.29, 0.717) is 11.3 Å². The summed E-state index contributed by atoms with van der Waals surface area (Å²) in [5, 5.41) is 0. The number of halogens is 2. The quantitative estimate of drug-likeness (QED) is 0.514. The smallest absolute Gasteiger partial charge is 0.256 e.